The minimum absolute atomic E-state index is 0.0628. The summed E-state index contributed by atoms with van der Waals surface area (Å²) < 4.78 is 5.46. The molecule has 0 aromatic carbocycles. The lowest BCUT2D eigenvalue weighted by Gasteiger charge is -2.37. The molecule has 150 valence electrons. The van der Waals surface area contributed by atoms with Crippen molar-refractivity contribution < 1.29 is 14.6 Å². The van der Waals surface area contributed by atoms with Crippen LogP contribution in [0.1, 0.15) is 75.6 Å². The van der Waals surface area contributed by atoms with Crippen molar-refractivity contribution in [2.24, 2.45) is 0 Å². The maximum Gasteiger partial charge on any atom is 0.225 e. The van der Waals surface area contributed by atoms with Gasteiger partial charge in [0.25, 0.3) is 0 Å². The molecule has 27 heavy (non-hydrogen) atoms. The van der Waals surface area contributed by atoms with E-state index in [9.17, 15) is 9.90 Å². The molecule has 2 atom stereocenters. The SMILES string of the molecule is COC1CCC(C)(Nc2ncc(C(C)=O)c(NC3CCC[C@H](O)C3)n2)CC1. The van der Waals surface area contributed by atoms with Gasteiger partial charge in [-0.15, -0.1) is 0 Å². The van der Waals surface area contributed by atoms with E-state index in [1.54, 1.807) is 13.3 Å². The monoisotopic (exact) mass is 376 g/mol. The molecule has 1 aromatic heterocycles. The first-order chi connectivity index (χ1) is 12.9. The number of aromatic nitrogens is 2. The molecule has 0 amide bonds. The molecule has 1 unspecified atom stereocenters. The van der Waals surface area contributed by atoms with E-state index >= 15 is 0 Å². The molecule has 0 spiro atoms. The molecule has 2 fully saturated rings. The van der Waals surface area contributed by atoms with E-state index in [0.29, 0.717) is 29.9 Å². The molecule has 2 aliphatic carbocycles. The highest BCUT2D eigenvalue weighted by Gasteiger charge is 2.32. The van der Waals surface area contributed by atoms with Crippen LogP contribution in [0.25, 0.3) is 0 Å². The summed E-state index contributed by atoms with van der Waals surface area (Å²) in [4.78, 5) is 21.0. The highest BCUT2D eigenvalue weighted by molar-refractivity contribution is 5.98. The summed E-state index contributed by atoms with van der Waals surface area (Å²) in [6.07, 6.45) is 9.11. The predicted octanol–water partition coefficient (Wildman–Crippen LogP) is 3.15. The van der Waals surface area contributed by atoms with E-state index in [4.69, 9.17) is 4.74 Å². The Hall–Kier alpha value is -1.73. The van der Waals surface area contributed by atoms with Crippen molar-refractivity contribution in [3.05, 3.63) is 11.8 Å². The molecule has 7 heteroatoms. The van der Waals surface area contributed by atoms with Gasteiger partial charge in [-0.2, -0.15) is 4.98 Å². The summed E-state index contributed by atoms with van der Waals surface area (Å²) in [7, 11) is 1.77. The third kappa shape index (κ3) is 5.17. The van der Waals surface area contributed by atoms with E-state index in [0.717, 1.165) is 44.9 Å². The van der Waals surface area contributed by atoms with Crippen LogP contribution in [-0.4, -0.2) is 51.8 Å². The number of anilines is 2. The third-order valence-corrected chi connectivity index (χ3v) is 5.94. The number of hydrogen-bond donors (Lipinski definition) is 3. The van der Waals surface area contributed by atoms with Crippen molar-refractivity contribution >= 4 is 17.5 Å². The molecule has 3 N–H and O–H groups in total. The van der Waals surface area contributed by atoms with Crippen LogP contribution >= 0.6 is 0 Å². The standard InChI is InChI=1S/C20H32N4O3/c1-13(25)17-12-21-19(24-20(2)9-7-16(27-3)8-10-20)23-18(17)22-14-5-4-6-15(26)11-14/h12,14-16,26H,4-11H2,1-3H3,(H2,21,22,23,24)/t14?,15-,16?,20?/m0/s1. The molecule has 0 aliphatic heterocycles. The van der Waals surface area contributed by atoms with Gasteiger partial charge in [0.2, 0.25) is 5.95 Å². The Labute approximate surface area is 161 Å². The number of ketones is 1. The molecule has 2 saturated carbocycles. The van der Waals surface area contributed by atoms with Crippen molar-refractivity contribution in [2.45, 2.75) is 89.0 Å². The number of hydrogen-bond acceptors (Lipinski definition) is 7. The quantitative estimate of drug-likeness (QED) is 0.656. The van der Waals surface area contributed by atoms with Crippen molar-refractivity contribution in [3.8, 4) is 0 Å². The van der Waals surface area contributed by atoms with Crippen LogP contribution in [0.2, 0.25) is 0 Å². The van der Waals surface area contributed by atoms with Gasteiger partial charge in [-0.1, -0.05) is 0 Å². The van der Waals surface area contributed by atoms with Gasteiger partial charge in [-0.25, -0.2) is 4.98 Å². The number of nitrogens with zero attached hydrogens (tertiary/aromatic N) is 2. The molecule has 0 bridgehead atoms. The number of rotatable bonds is 6. The van der Waals surface area contributed by atoms with Gasteiger partial charge in [0.1, 0.15) is 5.82 Å². The largest absolute Gasteiger partial charge is 0.393 e. The summed E-state index contributed by atoms with van der Waals surface area (Å²) in [5.74, 6) is 1.04. The van der Waals surface area contributed by atoms with Gasteiger partial charge >= 0.3 is 0 Å². The third-order valence-electron chi connectivity index (χ3n) is 5.94. The molecule has 1 aromatic rings. The van der Waals surface area contributed by atoms with E-state index in [-0.39, 0.29) is 23.5 Å². The molecule has 0 radical (unpaired) electrons. The summed E-state index contributed by atoms with van der Waals surface area (Å²) in [5, 5.41) is 16.8. The van der Waals surface area contributed by atoms with Crippen LogP contribution in [-0.2, 0) is 4.74 Å². The Morgan fingerprint density at radius 2 is 2.04 bits per heavy atom. The number of aliphatic hydroxyl groups is 1. The molecular formula is C20H32N4O3. The zero-order valence-electron chi connectivity index (χ0n) is 16.6. The lowest BCUT2D eigenvalue weighted by Crippen LogP contribution is -2.41. The summed E-state index contributed by atoms with van der Waals surface area (Å²) in [5.41, 5.74) is 0.416. The minimum Gasteiger partial charge on any atom is -0.393 e. The maximum absolute atomic E-state index is 12.0. The van der Waals surface area contributed by atoms with Crippen LogP contribution in [0.3, 0.4) is 0 Å². The smallest absolute Gasteiger partial charge is 0.225 e. The fraction of sp³-hybridized carbons (Fsp3) is 0.750. The van der Waals surface area contributed by atoms with Crippen LogP contribution < -0.4 is 10.6 Å². The van der Waals surface area contributed by atoms with Crippen molar-refractivity contribution in [1.82, 2.24) is 9.97 Å². The van der Waals surface area contributed by atoms with Gasteiger partial charge in [0.05, 0.1) is 17.8 Å². The molecule has 2 aliphatic rings. The zero-order chi connectivity index (χ0) is 19.4. The average Bonchev–Trinajstić information content (AvgIpc) is 2.62. The summed E-state index contributed by atoms with van der Waals surface area (Å²) in [6.45, 7) is 3.71. The average molecular weight is 377 g/mol. The number of carbonyl (C=O) groups excluding carboxylic acids is 1. The van der Waals surface area contributed by atoms with Crippen LogP contribution in [0.15, 0.2) is 6.20 Å². The second-order valence-electron chi connectivity index (χ2n) is 8.29. The van der Waals surface area contributed by atoms with Crippen LogP contribution in [0.5, 0.6) is 0 Å². The van der Waals surface area contributed by atoms with Crippen molar-refractivity contribution in [2.75, 3.05) is 17.7 Å². The fourth-order valence-electron chi connectivity index (χ4n) is 4.16. The van der Waals surface area contributed by atoms with Gasteiger partial charge in [-0.3, -0.25) is 4.79 Å². The number of Topliss-reactive ketones (excluding diaryl/α,β-unsaturated/α-hetero) is 1. The van der Waals surface area contributed by atoms with Gasteiger partial charge in [0.15, 0.2) is 5.78 Å². The molecule has 7 nitrogen and oxygen atoms in total. The van der Waals surface area contributed by atoms with E-state index < -0.39 is 0 Å². The number of aliphatic hydroxyl groups excluding tert-OH is 1. The second-order valence-corrected chi connectivity index (χ2v) is 8.29. The number of ether oxygens (including phenoxy) is 1. The Morgan fingerprint density at radius 1 is 1.30 bits per heavy atom. The minimum atomic E-state index is -0.286. The first-order valence-electron chi connectivity index (χ1n) is 10.0. The first-order valence-corrected chi connectivity index (χ1v) is 10.0. The zero-order valence-corrected chi connectivity index (χ0v) is 16.6. The van der Waals surface area contributed by atoms with E-state index in [1.807, 2.05) is 0 Å². The summed E-state index contributed by atoms with van der Waals surface area (Å²) >= 11 is 0. The van der Waals surface area contributed by atoms with Crippen molar-refractivity contribution in [3.63, 3.8) is 0 Å². The molecule has 3 rings (SSSR count). The van der Waals surface area contributed by atoms with Gasteiger partial charge < -0.3 is 20.5 Å². The van der Waals surface area contributed by atoms with Gasteiger partial charge in [0, 0.05) is 24.9 Å². The molecule has 1 heterocycles. The van der Waals surface area contributed by atoms with Crippen LogP contribution in [0.4, 0.5) is 11.8 Å². The first kappa shape index (κ1) is 20.0. The lowest BCUT2D eigenvalue weighted by atomic mass is 9.82. The van der Waals surface area contributed by atoms with Gasteiger partial charge in [-0.05, 0) is 65.2 Å². The Bertz CT molecular complexity index is 659. The number of methoxy groups -OCH3 is 1. The number of carbonyl (C=O) groups is 1. The van der Waals surface area contributed by atoms with E-state index in [1.165, 1.54) is 6.92 Å². The molecule has 0 saturated heterocycles. The Kier molecular flexibility index (Phi) is 6.32. The molecular weight excluding hydrogens is 344 g/mol. The lowest BCUT2D eigenvalue weighted by molar-refractivity contribution is 0.0563. The highest BCUT2D eigenvalue weighted by atomic mass is 16.5. The Balaban J connectivity index is 1.74. The van der Waals surface area contributed by atoms with Crippen LogP contribution in [0, 0.1) is 0 Å². The normalized spacial score (nSPS) is 31.3. The maximum atomic E-state index is 12.0. The summed E-state index contributed by atoms with van der Waals surface area (Å²) in [6, 6.07) is 0.127. The highest BCUT2D eigenvalue weighted by Crippen LogP contribution is 2.32. The predicted molar refractivity (Wildman–Crippen MR) is 105 cm³/mol. The number of nitrogens with one attached hydrogen (secondary N) is 2. The fourth-order valence-corrected chi connectivity index (χ4v) is 4.16. The second kappa shape index (κ2) is 8.52. The Morgan fingerprint density at radius 3 is 2.67 bits per heavy atom. The topological polar surface area (TPSA) is 96.4 Å². The van der Waals surface area contributed by atoms with Crippen molar-refractivity contribution in [1.29, 1.82) is 0 Å². The van der Waals surface area contributed by atoms with E-state index in [2.05, 4.69) is 27.5 Å².